The van der Waals surface area contributed by atoms with E-state index in [0.717, 1.165) is 34.0 Å². The fourth-order valence-electron chi connectivity index (χ4n) is 2.42. The molecule has 0 radical (unpaired) electrons. The maximum absolute atomic E-state index is 4.76. The summed E-state index contributed by atoms with van der Waals surface area (Å²) in [7, 11) is 9.53. The minimum absolute atomic E-state index is 0.194. The van der Waals surface area contributed by atoms with E-state index in [9.17, 15) is 0 Å². The molecule has 0 N–H and O–H groups in total. The van der Waals surface area contributed by atoms with Crippen LogP contribution in [0.15, 0.2) is 70.6 Å². The molecule has 28 heavy (non-hydrogen) atoms. The predicted molar refractivity (Wildman–Crippen MR) is 122 cm³/mol. The van der Waals surface area contributed by atoms with Gasteiger partial charge in [-0.05, 0) is 60.4 Å². The first kappa shape index (κ1) is 22.9. The molecule has 0 saturated heterocycles. The number of nitrogens with zero attached hydrogens (tertiary/aromatic N) is 2. The number of aryl methyl sites for hydroxylation is 2. The van der Waals surface area contributed by atoms with Gasteiger partial charge >= 0.3 is 33.3 Å². The molecular weight excluding hydrogens is 451 g/mol. The normalized spacial score (nSPS) is 11.1. The summed E-state index contributed by atoms with van der Waals surface area (Å²) in [6.07, 6.45) is 5.94. The van der Waals surface area contributed by atoms with Gasteiger partial charge in [0.1, 0.15) is 0 Å². The molecule has 1 aromatic heterocycles. The van der Waals surface area contributed by atoms with Crippen LogP contribution < -0.4 is 0 Å². The van der Waals surface area contributed by atoms with E-state index in [2.05, 4.69) is 84.5 Å². The third kappa shape index (κ3) is 7.90. The standard InChI is InChI=1S/C22H22N2S.2ClH.Fe/c1-3-17-5-9-19(10-6-17)23-15-21-13-14-22(25-21)16-24-20-11-7-18(4-2)8-12-20;;;/h5-16H,3-4H2,1-2H3;2*1H;/q;;;+2/p-2. The molecule has 1 heterocycles. The zero-order valence-corrected chi connectivity index (χ0v) is 19.2. The van der Waals surface area contributed by atoms with Crippen molar-refractivity contribution < 1.29 is 13.1 Å². The van der Waals surface area contributed by atoms with Crippen LogP contribution in [0.3, 0.4) is 0 Å². The predicted octanol–water partition coefficient (Wildman–Crippen LogP) is 7.75. The van der Waals surface area contributed by atoms with E-state index in [-0.39, 0.29) is 13.1 Å². The summed E-state index contributed by atoms with van der Waals surface area (Å²) in [6, 6.07) is 20.9. The fourth-order valence-corrected chi connectivity index (χ4v) is 3.17. The number of halogens is 2. The van der Waals surface area contributed by atoms with Crippen molar-refractivity contribution in [3.05, 3.63) is 81.5 Å². The van der Waals surface area contributed by atoms with Crippen molar-refractivity contribution in [1.29, 1.82) is 0 Å². The summed E-state index contributed by atoms with van der Waals surface area (Å²) < 4.78 is 0. The molecule has 0 bridgehead atoms. The third-order valence-corrected chi connectivity index (χ3v) is 4.97. The zero-order valence-electron chi connectivity index (χ0n) is 15.8. The van der Waals surface area contributed by atoms with Crippen LogP contribution in [-0.2, 0) is 26.0 Å². The Labute approximate surface area is 186 Å². The van der Waals surface area contributed by atoms with Gasteiger partial charge in [-0.15, -0.1) is 11.3 Å². The van der Waals surface area contributed by atoms with Crippen molar-refractivity contribution in [1.82, 2.24) is 0 Å². The number of hydrogen-bond donors (Lipinski definition) is 0. The average molecular weight is 473 g/mol. The molecule has 3 rings (SSSR count). The van der Waals surface area contributed by atoms with Gasteiger partial charge in [0.05, 0.1) is 11.4 Å². The molecule has 3 aromatic rings. The quantitative estimate of drug-likeness (QED) is 0.258. The monoisotopic (exact) mass is 472 g/mol. The maximum atomic E-state index is 4.76. The molecule has 0 aliphatic rings. The second-order valence-corrected chi connectivity index (χ2v) is 8.82. The summed E-state index contributed by atoms with van der Waals surface area (Å²) in [5, 5.41) is 0. The molecule has 0 spiro atoms. The van der Waals surface area contributed by atoms with Crippen molar-refractivity contribution in [3.63, 3.8) is 0 Å². The Morgan fingerprint density at radius 2 is 1.07 bits per heavy atom. The Kier molecular flexibility index (Phi) is 10.6. The van der Waals surface area contributed by atoms with E-state index in [1.165, 1.54) is 11.1 Å². The number of rotatable bonds is 6. The van der Waals surface area contributed by atoms with E-state index >= 15 is 0 Å². The topological polar surface area (TPSA) is 24.7 Å². The van der Waals surface area contributed by atoms with Crippen molar-refractivity contribution in [2.24, 2.45) is 9.98 Å². The molecule has 0 atom stereocenters. The van der Waals surface area contributed by atoms with Crippen LogP contribution in [0.2, 0.25) is 0 Å². The first-order valence-corrected chi connectivity index (χ1v) is 12.7. The molecule has 6 heteroatoms. The van der Waals surface area contributed by atoms with Crippen molar-refractivity contribution >= 4 is 55.3 Å². The first-order chi connectivity index (χ1) is 13.7. The number of thiophene rings is 1. The second kappa shape index (κ2) is 12.9. The van der Waals surface area contributed by atoms with E-state index < -0.39 is 0 Å². The van der Waals surface area contributed by atoms with Crippen molar-refractivity contribution in [2.75, 3.05) is 0 Å². The number of hydrogen-bond acceptors (Lipinski definition) is 3. The molecular formula is C22H22Cl2FeN2S. The van der Waals surface area contributed by atoms with E-state index in [0.29, 0.717) is 0 Å². The third-order valence-electron chi connectivity index (χ3n) is 4.02. The molecule has 2 aromatic carbocycles. The summed E-state index contributed by atoms with van der Waals surface area (Å²) in [5.74, 6) is 0. The number of benzene rings is 2. The Bertz CT molecular complexity index is 816. The van der Waals surface area contributed by atoms with Gasteiger partial charge in [0, 0.05) is 22.2 Å². The van der Waals surface area contributed by atoms with Crippen LogP contribution in [0.25, 0.3) is 0 Å². The van der Waals surface area contributed by atoms with Gasteiger partial charge in [0.25, 0.3) is 0 Å². The molecule has 148 valence electrons. The summed E-state index contributed by atoms with van der Waals surface area (Å²) in [5.41, 5.74) is 4.63. The molecule has 0 saturated carbocycles. The van der Waals surface area contributed by atoms with Crippen LogP contribution >= 0.6 is 31.5 Å². The van der Waals surface area contributed by atoms with Crippen molar-refractivity contribution in [2.45, 2.75) is 26.7 Å². The van der Waals surface area contributed by atoms with Crippen LogP contribution in [-0.4, -0.2) is 12.4 Å². The van der Waals surface area contributed by atoms with Crippen LogP contribution in [0.4, 0.5) is 11.4 Å². The van der Waals surface area contributed by atoms with Crippen molar-refractivity contribution in [3.8, 4) is 0 Å². The number of aliphatic imine (C=N–C) groups is 2. The molecule has 2 nitrogen and oxygen atoms in total. The Hall–Kier alpha value is -1.42. The van der Waals surface area contributed by atoms with Crippen LogP contribution in [0.1, 0.15) is 34.7 Å². The molecule has 0 aliphatic heterocycles. The fraction of sp³-hybridized carbons (Fsp3) is 0.182. The van der Waals surface area contributed by atoms with Crippen LogP contribution in [0, 0.1) is 0 Å². The SMILES string of the molecule is CCc1ccc(N=Cc2ccc(C=Nc3ccc(CC)cc3)s2)cc1.[Cl][Fe][Cl]. The summed E-state index contributed by atoms with van der Waals surface area (Å²) in [4.78, 5) is 11.3. The van der Waals surface area contributed by atoms with Gasteiger partial charge in [0.2, 0.25) is 0 Å². The van der Waals surface area contributed by atoms with E-state index in [4.69, 9.17) is 20.2 Å². The molecule has 0 fully saturated rings. The Morgan fingerprint density at radius 3 is 1.39 bits per heavy atom. The zero-order chi connectivity index (χ0) is 20.2. The van der Waals surface area contributed by atoms with Gasteiger partial charge in [0.15, 0.2) is 0 Å². The first-order valence-electron chi connectivity index (χ1n) is 8.89. The van der Waals surface area contributed by atoms with Gasteiger partial charge < -0.3 is 0 Å². The van der Waals surface area contributed by atoms with Gasteiger partial charge in [-0.2, -0.15) is 0 Å². The molecule has 0 aliphatic carbocycles. The van der Waals surface area contributed by atoms with Crippen LogP contribution in [0.5, 0.6) is 0 Å². The minimum atomic E-state index is 0.194. The molecule has 0 amide bonds. The Morgan fingerprint density at radius 1 is 0.714 bits per heavy atom. The summed E-state index contributed by atoms with van der Waals surface area (Å²) in [6.45, 7) is 4.32. The van der Waals surface area contributed by atoms with Gasteiger partial charge in [-0.25, -0.2) is 0 Å². The van der Waals surface area contributed by atoms with Gasteiger partial charge in [-0.3, -0.25) is 9.98 Å². The second-order valence-electron chi connectivity index (χ2n) is 5.85. The average Bonchev–Trinajstić information content (AvgIpc) is 3.20. The van der Waals surface area contributed by atoms with Gasteiger partial charge in [-0.1, -0.05) is 38.1 Å². The van der Waals surface area contributed by atoms with E-state index in [1.807, 2.05) is 12.4 Å². The summed E-state index contributed by atoms with van der Waals surface area (Å²) >= 11 is 1.88. The molecule has 0 unspecified atom stereocenters. The Balaban J connectivity index is 0.000000878. The van der Waals surface area contributed by atoms with E-state index in [1.54, 1.807) is 11.3 Å².